The van der Waals surface area contributed by atoms with E-state index in [1.54, 1.807) is 22.0 Å². The molecule has 5 heteroatoms. The van der Waals surface area contributed by atoms with Gasteiger partial charge in [-0.2, -0.15) is 0 Å². The second-order valence-electron chi connectivity index (χ2n) is 5.54. The molecule has 1 aliphatic heterocycles. The topological polar surface area (TPSA) is 49.9 Å². The van der Waals surface area contributed by atoms with E-state index in [2.05, 4.69) is 0 Å². The van der Waals surface area contributed by atoms with Gasteiger partial charge in [0, 0.05) is 32.3 Å². The zero-order valence-electron chi connectivity index (χ0n) is 13.1. The van der Waals surface area contributed by atoms with Crippen molar-refractivity contribution < 1.29 is 14.3 Å². The molecule has 0 bridgehead atoms. The molecule has 0 N–H and O–H groups in total. The Morgan fingerprint density at radius 3 is 2.59 bits per heavy atom. The standard InChI is InChI=1S/C17H22N2O3/c1-14(2)22-16-5-3-4-15(12-16)6-7-17(21)19-10-8-18(13-20)9-11-19/h3-7,12-14H,8-11H2,1-2H3/b7-6+. The molecule has 5 nitrogen and oxygen atoms in total. The quantitative estimate of drug-likeness (QED) is 0.615. The molecule has 2 amide bonds. The molecule has 118 valence electrons. The predicted molar refractivity (Wildman–Crippen MR) is 85.5 cm³/mol. The Morgan fingerprint density at radius 1 is 1.23 bits per heavy atom. The van der Waals surface area contributed by atoms with Crippen LogP contribution in [0.2, 0.25) is 0 Å². The lowest BCUT2D eigenvalue weighted by molar-refractivity contribution is -0.130. The van der Waals surface area contributed by atoms with E-state index in [1.165, 1.54) is 0 Å². The molecule has 1 heterocycles. The van der Waals surface area contributed by atoms with Crippen molar-refractivity contribution in [1.29, 1.82) is 0 Å². The van der Waals surface area contributed by atoms with Gasteiger partial charge >= 0.3 is 0 Å². The van der Waals surface area contributed by atoms with Gasteiger partial charge in [0.2, 0.25) is 12.3 Å². The Kier molecular flexibility index (Phi) is 5.58. The normalized spacial score (nSPS) is 15.4. The monoisotopic (exact) mass is 302 g/mol. The maximum Gasteiger partial charge on any atom is 0.246 e. The van der Waals surface area contributed by atoms with Gasteiger partial charge in [-0.05, 0) is 37.6 Å². The fourth-order valence-electron chi connectivity index (χ4n) is 2.28. The second kappa shape index (κ2) is 7.64. The third kappa shape index (κ3) is 4.62. The van der Waals surface area contributed by atoms with Crippen molar-refractivity contribution in [3.05, 3.63) is 35.9 Å². The lowest BCUT2D eigenvalue weighted by Gasteiger charge is -2.31. The van der Waals surface area contributed by atoms with Crippen LogP contribution in [0.25, 0.3) is 6.08 Å². The van der Waals surface area contributed by atoms with Gasteiger partial charge < -0.3 is 14.5 Å². The first-order valence-corrected chi connectivity index (χ1v) is 7.51. The highest BCUT2D eigenvalue weighted by molar-refractivity contribution is 5.92. The number of amides is 2. The van der Waals surface area contributed by atoms with Gasteiger partial charge in [0.1, 0.15) is 5.75 Å². The van der Waals surface area contributed by atoms with Gasteiger partial charge in [0.15, 0.2) is 0 Å². The summed E-state index contributed by atoms with van der Waals surface area (Å²) < 4.78 is 5.63. The van der Waals surface area contributed by atoms with Crippen LogP contribution in [0.3, 0.4) is 0 Å². The van der Waals surface area contributed by atoms with E-state index in [0.29, 0.717) is 26.2 Å². The van der Waals surface area contributed by atoms with Crippen LogP contribution in [0.15, 0.2) is 30.3 Å². The minimum atomic E-state index is -0.0271. The fraction of sp³-hybridized carbons (Fsp3) is 0.412. The van der Waals surface area contributed by atoms with Crippen LogP contribution in [0.5, 0.6) is 5.75 Å². The first kappa shape index (κ1) is 16.1. The van der Waals surface area contributed by atoms with Gasteiger partial charge in [-0.25, -0.2) is 0 Å². The summed E-state index contributed by atoms with van der Waals surface area (Å²) in [6.07, 6.45) is 4.32. The van der Waals surface area contributed by atoms with E-state index < -0.39 is 0 Å². The summed E-state index contributed by atoms with van der Waals surface area (Å²) in [5.41, 5.74) is 0.929. The van der Waals surface area contributed by atoms with Crippen molar-refractivity contribution in [2.45, 2.75) is 20.0 Å². The van der Waals surface area contributed by atoms with E-state index >= 15 is 0 Å². The number of piperazine rings is 1. The predicted octanol–water partition coefficient (Wildman–Crippen LogP) is 1.79. The maximum atomic E-state index is 12.1. The van der Waals surface area contributed by atoms with Crippen LogP contribution in [0.1, 0.15) is 19.4 Å². The van der Waals surface area contributed by atoms with Crippen molar-refractivity contribution in [3.8, 4) is 5.75 Å². The zero-order chi connectivity index (χ0) is 15.9. The molecule has 1 aromatic rings. The Hall–Kier alpha value is -2.30. The number of rotatable bonds is 5. The third-order valence-electron chi connectivity index (χ3n) is 3.42. The second-order valence-corrected chi connectivity index (χ2v) is 5.54. The molecule has 0 unspecified atom stereocenters. The lowest BCUT2D eigenvalue weighted by Crippen LogP contribution is -2.47. The molecule has 1 aromatic carbocycles. The van der Waals surface area contributed by atoms with Crippen LogP contribution in [0, 0.1) is 0 Å². The molecule has 1 saturated heterocycles. The minimum Gasteiger partial charge on any atom is -0.491 e. The summed E-state index contributed by atoms with van der Waals surface area (Å²) in [5.74, 6) is 0.768. The molecule has 0 aromatic heterocycles. The maximum absolute atomic E-state index is 12.1. The highest BCUT2D eigenvalue weighted by Gasteiger charge is 2.18. The van der Waals surface area contributed by atoms with Gasteiger partial charge in [0.05, 0.1) is 6.10 Å². The van der Waals surface area contributed by atoms with Crippen molar-refractivity contribution in [3.63, 3.8) is 0 Å². The van der Waals surface area contributed by atoms with Gasteiger partial charge in [-0.1, -0.05) is 12.1 Å². The first-order chi connectivity index (χ1) is 10.6. The van der Waals surface area contributed by atoms with E-state index in [0.717, 1.165) is 17.7 Å². The molecule has 0 saturated carbocycles. The zero-order valence-corrected chi connectivity index (χ0v) is 13.1. The highest BCUT2D eigenvalue weighted by Crippen LogP contribution is 2.16. The highest BCUT2D eigenvalue weighted by atomic mass is 16.5. The summed E-state index contributed by atoms with van der Waals surface area (Å²) in [4.78, 5) is 26.2. The Bertz CT molecular complexity index is 547. The van der Waals surface area contributed by atoms with Crippen LogP contribution in [0.4, 0.5) is 0 Å². The molecular formula is C17H22N2O3. The summed E-state index contributed by atoms with van der Waals surface area (Å²) in [7, 11) is 0. The number of ether oxygens (including phenoxy) is 1. The molecule has 0 aliphatic carbocycles. The molecular weight excluding hydrogens is 280 g/mol. The number of carbonyl (C=O) groups excluding carboxylic acids is 2. The summed E-state index contributed by atoms with van der Waals surface area (Å²) in [5, 5.41) is 0. The van der Waals surface area contributed by atoms with E-state index in [9.17, 15) is 9.59 Å². The average molecular weight is 302 g/mol. The van der Waals surface area contributed by atoms with Crippen LogP contribution >= 0.6 is 0 Å². The molecule has 22 heavy (non-hydrogen) atoms. The van der Waals surface area contributed by atoms with E-state index in [-0.39, 0.29) is 12.0 Å². The van der Waals surface area contributed by atoms with Gasteiger partial charge in [-0.15, -0.1) is 0 Å². The number of carbonyl (C=O) groups is 2. The smallest absolute Gasteiger partial charge is 0.246 e. The molecule has 0 atom stereocenters. The Labute approximate surface area is 131 Å². The number of benzene rings is 1. The van der Waals surface area contributed by atoms with Crippen molar-refractivity contribution in [2.24, 2.45) is 0 Å². The van der Waals surface area contributed by atoms with E-state index in [1.807, 2.05) is 38.1 Å². The average Bonchev–Trinajstić information content (AvgIpc) is 2.52. The summed E-state index contributed by atoms with van der Waals surface area (Å²) in [6, 6.07) is 7.65. The van der Waals surface area contributed by atoms with Gasteiger partial charge in [-0.3, -0.25) is 9.59 Å². The van der Waals surface area contributed by atoms with Crippen LogP contribution in [-0.4, -0.2) is 54.4 Å². The molecule has 2 rings (SSSR count). The molecule has 0 radical (unpaired) electrons. The van der Waals surface area contributed by atoms with Crippen LogP contribution in [-0.2, 0) is 9.59 Å². The van der Waals surface area contributed by atoms with Crippen molar-refractivity contribution in [2.75, 3.05) is 26.2 Å². The number of hydrogen-bond acceptors (Lipinski definition) is 3. The fourth-order valence-corrected chi connectivity index (χ4v) is 2.28. The Morgan fingerprint density at radius 2 is 1.95 bits per heavy atom. The minimum absolute atomic E-state index is 0.0271. The summed E-state index contributed by atoms with van der Waals surface area (Å²) >= 11 is 0. The molecule has 0 spiro atoms. The lowest BCUT2D eigenvalue weighted by atomic mass is 10.2. The van der Waals surface area contributed by atoms with Crippen LogP contribution < -0.4 is 4.74 Å². The SMILES string of the molecule is CC(C)Oc1cccc(/C=C/C(=O)N2CCN(C=O)CC2)c1. The number of hydrogen-bond donors (Lipinski definition) is 0. The van der Waals surface area contributed by atoms with Crippen molar-refractivity contribution in [1.82, 2.24) is 9.80 Å². The third-order valence-corrected chi connectivity index (χ3v) is 3.42. The Balaban J connectivity index is 1.93. The molecule has 1 fully saturated rings. The first-order valence-electron chi connectivity index (χ1n) is 7.51. The van der Waals surface area contributed by atoms with E-state index in [4.69, 9.17) is 4.74 Å². The van der Waals surface area contributed by atoms with Gasteiger partial charge in [0.25, 0.3) is 0 Å². The van der Waals surface area contributed by atoms with Crippen molar-refractivity contribution >= 4 is 18.4 Å². The largest absolute Gasteiger partial charge is 0.491 e. The number of nitrogens with zero attached hydrogens (tertiary/aromatic N) is 2. The molecule has 1 aliphatic rings. The summed E-state index contributed by atoms with van der Waals surface area (Å²) in [6.45, 7) is 6.31.